The summed E-state index contributed by atoms with van der Waals surface area (Å²) in [4.78, 5) is 13.4. The number of carbonyl (C=O) groups is 1. The number of nitrogens with one attached hydrogen (secondary N) is 1. The summed E-state index contributed by atoms with van der Waals surface area (Å²) in [6.45, 7) is 4.99. The van der Waals surface area contributed by atoms with E-state index < -0.39 is 0 Å². The number of allylic oxidation sites excluding steroid dienone is 1. The average molecular weight is 415 g/mol. The Balaban J connectivity index is 1.64. The molecule has 0 fully saturated rings. The third-order valence-electron chi connectivity index (χ3n) is 3.98. The summed E-state index contributed by atoms with van der Waals surface area (Å²) in [6.07, 6.45) is 2.63. The number of nitrogens with zero attached hydrogens (tertiary/aromatic N) is 3. The summed E-state index contributed by atoms with van der Waals surface area (Å²) in [5.74, 6) is 1.68. The monoisotopic (exact) mass is 414 g/mol. The van der Waals surface area contributed by atoms with Crippen molar-refractivity contribution < 1.29 is 9.53 Å². The fraction of sp³-hybridized carbons (Fsp3) is 0.250. The highest BCUT2D eigenvalue weighted by Gasteiger charge is 2.17. The Morgan fingerprint density at radius 3 is 2.93 bits per heavy atom. The Bertz CT molecular complexity index is 922. The molecule has 0 bridgehead atoms. The Kier molecular flexibility index (Phi) is 7.27. The molecule has 2 aromatic heterocycles. The first-order chi connectivity index (χ1) is 13.7. The van der Waals surface area contributed by atoms with Crippen LogP contribution in [0, 0.1) is 0 Å². The Morgan fingerprint density at radius 2 is 2.18 bits per heavy atom. The molecule has 0 aliphatic carbocycles. The van der Waals surface area contributed by atoms with Crippen molar-refractivity contribution in [1.82, 2.24) is 20.1 Å². The Labute approximate surface area is 172 Å². The second kappa shape index (κ2) is 10.1. The maximum Gasteiger partial charge on any atom is 0.230 e. The molecule has 0 unspecified atom stereocenters. The van der Waals surface area contributed by atoms with Gasteiger partial charge in [0.05, 0.1) is 18.4 Å². The summed E-state index contributed by atoms with van der Waals surface area (Å²) in [5.41, 5.74) is 0.853. The minimum absolute atomic E-state index is 0.0199. The summed E-state index contributed by atoms with van der Waals surface area (Å²) in [7, 11) is 1.63. The van der Waals surface area contributed by atoms with E-state index in [9.17, 15) is 4.79 Å². The number of aromatic nitrogens is 3. The maximum absolute atomic E-state index is 12.2. The fourth-order valence-corrected chi connectivity index (χ4v) is 4.17. The number of amides is 1. The second-order valence-electron chi connectivity index (χ2n) is 5.87. The second-order valence-corrected chi connectivity index (χ2v) is 7.85. The van der Waals surface area contributed by atoms with Gasteiger partial charge in [0.2, 0.25) is 5.91 Å². The molecule has 0 spiro atoms. The lowest BCUT2D eigenvalue weighted by atomic mass is 10.2. The van der Waals surface area contributed by atoms with Gasteiger partial charge < -0.3 is 10.1 Å². The van der Waals surface area contributed by atoms with Crippen molar-refractivity contribution in [3.63, 3.8) is 0 Å². The lowest BCUT2D eigenvalue weighted by molar-refractivity contribution is -0.118. The van der Waals surface area contributed by atoms with E-state index in [1.807, 2.05) is 40.3 Å². The van der Waals surface area contributed by atoms with E-state index in [2.05, 4.69) is 28.2 Å². The number of hydrogen-bond donors (Lipinski definition) is 1. The van der Waals surface area contributed by atoms with Crippen LogP contribution in [0.25, 0.3) is 11.4 Å². The van der Waals surface area contributed by atoms with Crippen LogP contribution in [0.1, 0.15) is 4.88 Å². The van der Waals surface area contributed by atoms with E-state index >= 15 is 0 Å². The topological polar surface area (TPSA) is 69.0 Å². The van der Waals surface area contributed by atoms with Crippen molar-refractivity contribution in [3.8, 4) is 17.1 Å². The van der Waals surface area contributed by atoms with E-state index in [1.165, 1.54) is 16.6 Å². The van der Waals surface area contributed by atoms with Crippen molar-refractivity contribution in [2.75, 3.05) is 19.4 Å². The van der Waals surface area contributed by atoms with Gasteiger partial charge >= 0.3 is 0 Å². The average Bonchev–Trinajstić information content (AvgIpc) is 3.37. The molecule has 3 rings (SSSR count). The molecule has 1 amide bonds. The van der Waals surface area contributed by atoms with Crippen LogP contribution in [-0.4, -0.2) is 40.1 Å². The van der Waals surface area contributed by atoms with Crippen molar-refractivity contribution in [2.24, 2.45) is 0 Å². The van der Waals surface area contributed by atoms with Gasteiger partial charge in [0, 0.05) is 18.0 Å². The van der Waals surface area contributed by atoms with Crippen molar-refractivity contribution in [2.45, 2.75) is 18.1 Å². The molecule has 3 aromatic rings. The predicted molar refractivity (Wildman–Crippen MR) is 114 cm³/mol. The standard InChI is InChI=1S/C20H22N4O2S2/c1-3-12-24-19(16-8-4-5-9-17(16)26-2)22-23-20(24)28-14-18(25)21-11-10-15-7-6-13-27-15/h3-9,13H,1,10-12,14H2,2H3,(H,21,25). The number of hydrogen-bond acceptors (Lipinski definition) is 6. The molecule has 28 heavy (non-hydrogen) atoms. The van der Waals surface area contributed by atoms with E-state index in [0.717, 1.165) is 17.7 Å². The van der Waals surface area contributed by atoms with Crippen LogP contribution in [0.3, 0.4) is 0 Å². The van der Waals surface area contributed by atoms with Crippen LogP contribution in [0.4, 0.5) is 0 Å². The molecule has 2 heterocycles. The third-order valence-corrected chi connectivity index (χ3v) is 5.89. The van der Waals surface area contributed by atoms with Gasteiger partial charge in [-0.25, -0.2) is 0 Å². The molecular formula is C20H22N4O2S2. The van der Waals surface area contributed by atoms with Gasteiger partial charge in [-0.15, -0.1) is 28.1 Å². The van der Waals surface area contributed by atoms with Crippen LogP contribution in [0.5, 0.6) is 5.75 Å². The van der Waals surface area contributed by atoms with Gasteiger partial charge in [-0.1, -0.05) is 36.0 Å². The molecule has 1 N–H and O–H groups in total. The lowest BCUT2D eigenvalue weighted by Gasteiger charge is -2.10. The number of thioether (sulfide) groups is 1. The maximum atomic E-state index is 12.2. The lowest BCUT2D eigenvalue weighted by Crippen LogP contribution is -2.27. The van der Waals surface area contributed by atoms with Crippen molar-refractivity contribution in [1.29, 1.82) is 0 Å². The summed E-state index contributed by atoms with van der Waals surface area (Å²) in [5, 5.41) is 14.3. The molecule has 0 radical (unpaired) electrons. The molecule has 0 saturated carbocycles. The molecule has 0 saturated heterocycles. The highest BCUT2D eigenvalue weighted by Crippen LogP contribution is 2.30. The fourth-order valence-electron chi connectivity index (χ4n) is 2.68. The van der Waals surface area contributed by atoms with Crippen LogP contribution >= 0.6 is 23.1 Å². The molecule has 6 nitrogen and oxygen atoms in total. The predicted octanol–water partition coefficient (Wildman–Crippen LogP) is 3.65. The number of carbonyl (C=O) groups excluding carboxylic acids is 1. The van der Waals surface area contributed by atoms with Gasteiger partial charge in [0.15, 0.2) is 11.0 Å². The van der Waals surface area contributed by atoms with Gasteiger partial charge in [0.25, 0.3) is 0 Å². The number of thiophene rings is 1. The van der Waals surface area contributed by atoms with E-state index in [-0.39, 0.29) is 11.7 Å². The number of rotatable bonds is 10. The normalized spacial score (nSPS) is 10.6. The third kappa shape index (κ3) is 5.02. The number of ether oxygens (including phenoxy) is 1. The molecule has 0 atom stereocenters. The van der Waals surface area contributed by atoms with Gasteiger partial charge in [0.1, 0.15) is 5.75 Å². The van der Waals surface area contributed by atoms with Gasteiger partial charge in [-0.2, -0.15) is 0 Å². The van der Waals surface area contributed by atoms with Crippen LogP contribution in [-0.2, 0) is 17.8 Å². The van der Waals surface area contributed by atoms with Crippen LogP contribution in [0.2, 0.25) is 0 Å². The first-order valence-corrected chi connectivity index (χ1v) is 10.7. The first kappa shape index (κ1) is 20.2. The van der Waals surface area contributed by atoms with E-state index in [1.54, 1.807) is 24.5 Å². The van der Waals surface area contributed by atoms with Gasteiger partial charge in [-0.05, 0) is 30.0 Å². The van der Waals surface area contributed by atoms with Crippen molar-refractivity contribution in [3.05, 3.63) is 59.3 Å². The van der Waals surface area contributed by atoms with Crippen molar-refractivity contribution >= 4 is 29.0 Å². The summed E-state index contributed by atoms with van der Waals surface area (Å²) < 4.78 is 7.38. The zero-order chi connectivity index (χ0) is 19.8. The quantitative estimate of drug-likeness (QED) is 0.405. The smallest absolute Gasteiger partial charge is 0.230 e. The zero-order valence-corrected chi connectivity index (χ0v) is 17.3. The number of benzene rings is 1. The van der Waals surface area contributed by atoms with Gasteiger partial charge in [-0.3, -0.25) is 9.36 Å². The minimum atomic E-state index is -0.0199. The molecule has 0 aliphatic heterocycles. The molecule has 0 aliphatic rings. The highest BCUT2D eigenvalue weighted by molar-refractivity contribution is 7.99. The molecule has 1 aromatic carbocycles. The van der Waals surface area contributed by atoms with E-state index in [4.69, 9.17) is 4.74 Å². The van der Waals surface area contributed by atoms with Crippen LogP contribution < -0.4 is 10.1 Å². The highest BCUT2D eigenvalue weighted by atomic mass is 32.2. The Morgan fingerprint density at radius 1 is 1.32 bits per heavy atom. The molecular weight excluding hydrogens is 392 g/mol. The summed E-state index contributed by atoms with van der Waals surface area (Å²) in [6, 6.07) is 11.8. The zero-order valence-electron chi connectivity index (χ0n) is 15.6. The minimum Gasteiger partial charge on any atom is -0.496 e. The van der Waals surface area contributed by atoms with E-state index in [0.29, 0.717) is 24.1 Å². The SMILES string of the molecule is C=CCn1c(SCC(=O)NCCc2cccs2)nnc1-c1ccccc1OC. The number of para-hydroxylation sites is 1. The molecule has 8 heteroatoms. The Hall–Kier alpha value is -2.58. The van der Waals surface area contributed by atoms with Crippen LogP contribution in [0.15, 0.2) is 59.6 Å². The molecule has 146 valence electrons. The first-order valence-electron chi connectivity index (χ1n) is 8.82. The summed E-state index contributed by atoms with van der Waals surface area (Å²) >= 11 is 3.06. The number of methoxy groups -OCH3 is 1. The largest absolute Gasteiger partial charge is 0.496 e.